The van der Waals surface area contributed by atoms with Gasteiger partial charge in [-0.15, -0.1) is 0 Å². The van der Waals surface area contributed by atoms with Crippen molar-refractivity contribution in [2.45, 2.75) is 264 Å². The third-order valence-electron chi connectivity index (χ3n) is 12.4. The van der Waals surface area contributed by atoms with Crippen LogP contribution in [0.25, 0.3) is 0 Å². The number of hydrogen-bond acceptors (Lipinski definition) is 6. The SMILES string of the molecule is CC/C=C\C/C=C\C/C=C\C/C=C\C/C=C\C/C=C\CCCCCCCCC(=O)OCC(COC(=O)CCCCC/C=C\C/C=C\C/C=C\CC)OC(=O)CCCCCCCCC/C=C\C/C=C\CCCCCC. The number of rotatable bonds is 53. The van der Waals surface area contributed by atoms with Crippen molar-refractivity contribution < 1.29 is 28.6 Å². The van der Waals surface area contributed by atoms with Crippen LogP contribution in [-0.2, 0) is 28.6 Å². The van der Waals surface area contributed by atoms with Crippen LogP contribution >= 0.6 is 0 Å². The Morgan fingerprint density at radius 1 is 0.284 bits per heavy atom. The molecule has 0 aromatic carbocycles. The zero-order valence-electron chi connectivity index (χ0n) is 47.8. The van der Waals surface area contributed by atoms with Crippen LogP contribution in [-0.4, -0.2) is 37.2 Å². The lowest BCUT2D eigenvalue weighted by atomic mass is 10.1. The first kappa shape index (κ1) is 69.5. The molecule has 0 aliphatic heterocycles. The number of esters is 3. The zero-order valence-corrected chi connectivity index (χ0v) is 47.8. The third kappa shape index (κ3) is 58.4. The summed E-state index contributed by atoms with van der Waals surface area (Å²) in [6.07, 6.45) is 85.9. The molecule has 74 heavy (non-hydrogen) atoms. The topological polar surface area (TPSA) is 78.9 Å². The first-order valence-electron chi connectivity index (χ1n) is 30.2. The van der Waals surface area contributed by atoms with Gasteiger partial charge in [-0.05, 0) is 135 Å². The van der Waals surface area contributed by atoms with Crippen molar-refractivity contribution in [3.63, 3.8) is 0 Å². The van der Waals surface area contributed by atoms with E-state index < -0.39 is 6.10 Å². The number of hydrogen-bond donors (Lipinski definition) is 0. The fourth-order valence-electron chi connectivity index (χ4n) is 7.90. The molecule has 0 saturated heterocycles. The maximum atomic E-state index is 12.9. The van der Waals surface area contributed by atoms with E-state index in [9.17, 15) is 14.4 Å². The number of carbonyl (C=O) groups is 3. The van der Waals surface area contributed by atoms with E-state index in [4.69, 9.17) is 14.2 Å². The molecule has 0 aromatic rings. The predicted molar refractivity (Wildman–Crippen MR) is 320 cm³/mol. The predicted octanol–water partition coefficient (Wildman–Crippen LogP) is 20.6. The summed E-state index contributed by atoms with van der Waals surface area (Å²) < 4.78 is 16.8. The van der Waals surface area contributed by atoms with Gasteiger partial charge in [0.25, 0.3) is 0 Å². The number of unbranched alkanes of at least 4 members (excludes halogenated alkanes) is 20. The Morgan fingerprint density at radius 3 is 0.838 bits per heavy atom. The smallest absolute Gasteiger partial charge is 0.306 e. The molecule has 6 heteroatoms. The Kier molecular flexibility index (Phi) is 57.4. The van der Waals surface area contributed by atoms with Gasteiger partial charge in [-0.2, -0.15) is 0 Å². The molecule has 1 unspecified atom stereocenters. The zero-order chi connectivity index (χ0) is 53.6. The lowest BCUT2D eigenvalue weighted by Crippen LogP contribution is -2.30. The van der Waals surface area contributed by atoms with Crippen LogP contribution in [0.15, 0.2) is 134 Å². The molecule has 0 heterocycles. The molecule has 6 nitrogen and oxygen atoms in total. The second-order valence-corrected chi connectivity index (χ2v) is 19.5. The van der Waals surface area contributed by atoms with E-state index in [-0.39, 0.29) is 31.1 Å². The van der Waals surface area contributed by atoms with E-state index >= 15 is 0 Å². The Bertz CT molecular complexity index is 1600. The van der Waals surface area contributed by atoms with Crippen LogP contribution in [0.5, 0.6) is 0 Å². The Labute approximate surface area is 455 Å². The standard InChI is InChI=1S/C68H110O6/c1-4-7-10-13-16-19-22-25-27-29-31-32-33-34-35-36-37-39-40-43-46-49-52-55-58-61-67(70)73-64-65(63-72-66(69)60-57-54-51-48-45-42-24-21-18-15-12-9-6-3)74-68(71)62-59-56-53-50-47-44-41-38-30-28-26-23-20-17-14-11-8-5-2/h7,9-10,12,16,18-21,23,25,27-28,30-32,34-35,37,39,42,45,65H,4-6,8,11,13-15,17,22,24,26,29,33,36,38,40-41,43-44,46-64H2,1-3H3/b10-7-,12-9-,19-16-,21-18-,23-20-,27-25-,30-28-,32-31-,35-34-,39-37-,45-42-. The maximum absolute atomic E-state index is 12.9. The van der Waals surface area contributed by atoms with Gasteiger partial charge in [0.2, 0.25) is 0 Å². The average Bonchev–Trinajstić information content (AvgIpc) is 3.40. The minimum Gasteiger partial charge on any atom is -0.462 e. The highest BCUT2D eigenvalue weighted by molar-refractivity contribution is 5.71. The van der Waals surface area contributed by atoms with Crippen molar-refractivity contribution in [3.8, 4) is 0 Å². The number of carbonyl (C=O) groups excluding carboxylic acids is 3. The van der Waals surface area contributed by atoms with Gasteiger partial charge in [0, 0.05) is 19.3 Å². The lowest BCUT2D eigenvalue weighted by molar-refractivity contribution is -0.167. The highest BCUT2D eigenvalue weighted by atomic mass is 16.6. The Balaban J connectivity index is 4.43. The molecule has 0 saturated carbocycles. The Hall–Kier alpha value is -4.45. The van der Waals surface area contributed by atoms with E-state index in [0.29, 0.717) is 19.3 Å². The third-order valence-corrected chi connectivity index (χ3v) is 12.4. The monoisotopic (exact) mass is 1020 g/mol. The minimum absolute atomic E-state index is 0.103. The largest absolute Gasteiger partial charge is 0.462 e. The van der Waals surface area contributed by atoms with Crippen molar-refractivity contribution in [1.29, 1.82) is 0 Å². The summed E-state index contributed by atoms with van der Waals surface area (Å²) in [6, 6.07) is 0. The summed E-state index contributed by atoms with van der Waals surface area (Å²) in [5.74, 6) is -0.956. The molecule has 0 rings (SSSR count). The molecule has 0 spiro atoms. The molecule has 0 aliphatic carbocycles. The van der Waals surface area contributed by atoms with Gasteiger partial charge in [0.05, 0.1) is 0 Å². The molecule has 0 radical (unpaired) electrons. The summed E-state index contributed by atoms with van der Waals surface area (Å²) in [7, 11) is 0. The van der Waals surface area contributed by atoms with Crippen molar-refractivity contribution in [2.75, 3.05) is 13.2 Å². The minimum atomic E-state index is -0.806. The van der Waals surface area contributed by atoms with E-state index in [0.717, 1.165) is 148 Å². The molecule has 0 aromatic heterocycles. The molecular weight excluding hydrogens is 913 g/mol. The summed E-state index contributed by atoms with van der Waals surface area (Å²) in [5.41, 5.74) is 0. The second kappa shape index (κ2) is 61.1. The Morgan fingerprint density at radius 2 is 0.527 bits per heavy atom. The molecular formula is C68H110O6. The fourth-order valence-corrected chi connectivity index (χ4v) is 7.90. The normalized spacial score (nSPS) is 13.1. The van der Waals surface area contributed by atoms with Crippen LogP contribution in [0.2, 0.25) is 0 Å². The van der Waals surface area contributed by atoms with Crippen molar-refractivity contribution in [2.24, 2.45) is 0 Å². The van der Waals surface area contributed by atoms with Crippen LogP contribution in [0.4, 0.5) is 0 Å². The second-order valence-electron chi connectivity index (χ2n) is 19.5. The van der Waals surface area contributed by atoms with Gasteiger partial charge < -0.3 is 14.2 Å². The molecule has 1 atom stereocenters. The summed E-state index contributed by atoms with van der Waals surface area (Å²) >= 11 is 0. The maximum Gasteiger partial charge on any atom is 0.306 e. The fraction of sp³-hybridized carbons (Fsp3) is 0.632. The van der Waals surface area contributed by atoms with Gasteiger partial charge in [-0.25, -0.2) is 0 Å². The molecule has 0 amide bonds. The van der Waals surface area contributed by atoms with Gasteiger partial charge in [0.1, 0.15) is 13.2 Å². The number of allylic oxidation sites excluding steroid dienone is 22. The molecule has 0 bridgehead atoms. The van der Waals surface area contributed by atoms with Gasteiger partial charge in [0.15, 0.2) is 6.10 Å². The summed E-state index contributed by atoms with van der Waals surface area (Å²) in [5, 5.41) is 0. The van der Waals surface area contributed by atoms with E-state index in [1.54, 1.807) is 0 Å². The summed E-state index contributed by atoms with van der Waals surface area (Å²) in [6.45, 7) is 6.35. The van der Waals surface area contributed by atoms with Gasteiger partial charge in [-0.3, -0.25) is 14.4 Å². The quantitative estimate of drug-likeness (QED) is 0.0261. The van der Waals surface area contributed by atoms with Crippen molar-refractivity contribution in [3.05, 3.63) is 134 Å². The first-order valence-corrected chi connectivity index (χ1v) is 30.2. The van der Waals surface area contributed by atoms with Gasteiger partial charge in [-0.1, -0.05) is 238 Å². The summed E-state index contributed by atoms with van der Waals surface area (Å²) in [4.78, 5) is 38.2. The first-order chi connectivity index (χ1) is 36.5. The molecule has 0 fully saturated rings. The van der Waals surface area contributed by atoms with Crippen LogP contribution in [0.3, 0.4) is 0 Å². The molecule has 0 aliphatic rings. The van der Waals surface area contributed by atoms with E-state index in [2.05, 4.69) is 154 Å². The van der Waals surface area contributed by atoms with Crippen LogP contribution < -0.4 is 0 Å². The van der Waals surface area contributed by atoms with Crippen LogP contribution in [0.1, 0.15) is 258 Å². The van der Waals surface area contributed by atoms with E-state index in [1.165, 1.54) is 70.6 Å². The van der Waals surface area contributed by atoms with E-state index in [1.807, 2.05) is 0 Å². The molecule has 418 valence electrons. The van der Waals surface area contributed by atoms with Crippen molar-refractivity contribution in [1.82, 2.24) is 0 Å². The highest BCUT2D eigenvalue weighted by Gasteiger charge is 2.19. The van der Waals surface area contributed by atoms with Crippen LogP contribution in [0, 0.1) is 0 Å². The average molecular weight is 1020 g/mol. The lowest BCUT2D eigenvalue weighted by Gasteiger charge is -2.18. The highest BCUT2D eigenvalue weighted by Crippen LogP contribution is 2.14. The van der Waals surface area contributed by atoms with Gasteiger partial charge >= 0.3 is 17.9 Å². The number of ether oxygens (including phenoxy) is 3. The molecule has 0 N–H and O–H groups in total. The van der Waals surface area contributed by atoms with Crippen molar-refractivity contribution >= 4 is 17.9 Å².